The van der Waals surface area contributed by atoms with Gasteiger partial charge in [0.25, 0.3) is 0 Å². The van der Waals surface area contributed by atoms with E-state index in [9.17, 15) is 14.9 Å². The lowest BCUT2D eigenvalue weighted by molar-refractivity contribution is -0.385. The minimum Gasteiger partial charge on any atom is -0.478 e. The van der Waals surface area contributed by atoms with Gasteiger partial charge in [-0.2, -0.15) is 5.10 Å². The molecule has 0 bridgehead atoms. The van der Waals surface area contributed by atoms with Crippen molar-refractivity contribution < 1.29 is 14.8 Å². The van der Waals surface area contributed by atoms with E-state index in [-0.39, 0.29) is 22.6 Å². The van der Waals surface area contributed by atoms with Gasteiger partial charge in [0.05, 0.1) is 15.1 Å². The van der Waals surface area contributed by atoms with Crippen LogP contribution in [0.15, 0.2) is 23.1 Å². The van der Waals surface area contributed by atoms with Crippen LogP contribution in [-0.4, -0.2) is 30.8 Å². The van der Waals surface area contributed by atoms with Gasteiger partial charge < -0.3 is 5.11 Å². The largest absolute Gasteiger partial charge is 0.478 e. The van der Waals surface area contributed by atoms with Crippen molar-refractivity contribution in [3.05, 3.63) is 44.4 Å². The maximum absolute atomic E-state index is 11.0. The Labute approximate surface area is 115 Å². The SMILES string of the molecule is Cc1nn(-c2c(Br)cncc2[N+](=O)[O-])cc1C(=O)O. The Hall–Kier alpha value is -2.29. The Bertz CT molecular complexity index is 682. The molecule has 1 N–H and O–H groups in total. The van der Waals surface area contributed by atoms with Gasteiger partial charge in [-0.05, 0) is 22.9 Å². The minimum atomic E-state index is -1.14. The third-order valence-electron chi connectivity index (χ3n) is 2.41. The maximum Gasteiger partial charge on any atom is 0.339 e. The van der Waals surface area contributed by atoms with E-state index in [0.29, 0.717) is 4.47 Å². The van der Waals surface area contributed by atoms with E-state index >= 15 is 0 Å². The molecule has 0 spiro atoms. The number of halogens is 1. The molecule has 0 amide bonds. The van der Waals surface area contributed by atoms with Gasteiger partial charge in [-0.25, -0.2) is 9.48 Å². The topological polar surface area (TPSA) is 111 Å². The zero-order chi connectivity index (χ0) is 14.2. The number of nitrogens with zero attached hydrogens (tertiary/aromatic N) is 4. The fourth-order valence-corrected chi connectivity index (χ4v) is 2.07. The summed E-state index contributed by atoms with van der Waals surface area (Å²) in [4.78, 5) is 25.0. The number of pyridine rings is 1. The number of carboxylic acids is 1. The van der Waals surface area contributed by atoms with Gasteiger partial charge in [0.2, 0.25) is 0 Å². The average Bonchev–Trinajstić information content (AvgIpc) is 2.70. The van der Waals surface area contributed by atoms with Gasteiger partial charge in [0.1, 0.15) is 11.8 Å². The summed E-state index contributed by atoms with van der Waals surface area (Å²) in [6, 6.07) is 0. The Morgan fingerprint density at radius 3 is 2.74 bits per heavy atom. The number of hydrogen-bond donors (Lipinski definition) is 1. The second-order valence-electron chi connectivity index (χ2n) is 3.62. The van der Waals surface area contributed by atoms with Crippen LogP contribution in [0.4, 0.5) is 5.69 Å². The lowest BCUT2D eigenvalue weighted by atomic mass is 10.3. The van der Waals surface area contributed by atoms with Crippen molar-refractivity contribution in [2.75, 3.05) is 0 Å². The molecule has 2 aromatic rings. The summed E-state index contributed by atoms with van der Waals surface area (Å²) in [7, 11) is 0. The van der Waals surface area contributed by atoms with E-state index < -0.39 is 10.9 Å². The molecule has 2 heterocycles. The Morgan fingerprint density at radius 1 is 1.53 bits per heavy atom. The minimum absolute atomic E-state index is 0.0157. The molecule has 0 aliphatic carbocycles. The molecular weight excluding hydrogens is 320 g/mol. The fraction of sp³-hybridized carbons (Fsp3) is 0.100. The van der Waals surface area contributed by atoms with Crippen LogP contribution in [0.25, 0.3) is 5.69 Å². The van der Waals surface area contributed by atoms with E-state index in [1.807, 2.05) is 0 Å². The highest BCUT2D eigenvalue weighted by Crippen LogP contribution is 2.29. The van der Waals surface area contributed by atoms with Crippen molar-refractivity contribution in [3.8, 4) is 5.69 Å². The van der Waals surface area contributed by atoms with Gasteiger partial charge in [-0.3, -0.25) is 15.1 Å². The number of aromatic carboxylic acids is 1. The molecule has 0 aliphatic heterocycles. The van der Waals surface area contributed by atoms with E-state index in [0.717, 1.165) is 10.9 Å². The Kier molecular flexibility index (Phi) is 3.30. The molecule has 0 saturated heterocycles. The van der Waals surface area contributed by atoms with Crippen molar-refractivity contribution in [3.63, 3.8) is 0 Å². The zero-order valence-electron chi connectivity index (χ0n) is 9.57. The van der Waals surface area contributed by atoms with Crippen molar-refractivity contribution in [2.45, 2.75) is 6.92 Å². The molecule has 0 unspecified atom stereocenters. The highest BCUT2D eigenvalue weighted by Gasteiger charge is 2.22. The summed E-state index contributed by atoms with van der Waals surface area (Å²) in [6.45, 7) is 1.51. The summed E-state index contributed by atoms with van der Waals surface area (Å²) in [5, 5.41) is 23.9. The summed E-state index contributed by atoms with van der Waals surface area (Å²) in [6.07, 6.45) is 3.68. The van der Waals surface area contributed by atoms with E-state index in [1.165, 1.54) is 19.3 Å². The number of carbonyl (C=O) groups is 1. The molecule has 0 atom stereocenters. The number of carboxylic acid groups (broad SMARTS) is 1. The van der Waals surface area contributed by atoms with E-state index in [4.69, 9.17) is 5.11 Å². The van der Waals surface area contributed by atoms with Gasteiger partial charge in [-0.15, -0.1) is 0 Å². The van der Waals surface area contributed by atoms with Crippen LogP contribution in [0.1, 0.15) is 16.1 Å². The van der Waals surface area contributed by atoms with Gasteiger partial charge in [0, 0.05) is 12.4 Å². The molecule has 2 rings (SSSR count). The first kappa shape index (κ1) is 13.1. The van der Waals surface area contributed by atoms with Crippen LogP contribution < -0.4 is 0 Å². The van der Waals surface area contributed by atoms with Crippen LogP contribution in [0.2, 0.25) is 0 Å². The third-order valence-corrected chi connectivity index (χ3v) is 2.99. The predicted octanol–water partition coefficient (Wildman–Crippen LogP) is 1.94. The molecule has 2 aromatic heterocycles. The number of nitro groups is 1. The lowest BCUT2D eigenvalue weighted by Crippen LogP contribution is -2.03. The summed E-state index contributed by atoms with van der Waals surface area (Å²) < 4.78 is 1.50. The lowest BCUT2D eigenvalue weighted by Gasteiger charge is -2.04. The second-order valence-corrected chi connectivity index (χ2v) is 4.48. The summed E-state index contributed by atoms with van der Waals surface area (Å²) in [5.74, 6) is -1.14. The van der Waals surface area contributed by atoms with Crippen molar-refractivity contribution in [2.24, 2.45) is 0 Å². The van der Waals surface area contributed by atoms with Crippen LogP contribution in [0, 0.1) is 17.0 Å². The first-order valence-corrected chi connectivity index (χ1v) is 5.79. The third kappa shape index (κ3) is 2.32. The quantitative estimate of drug-likeness (QED) is 0.681. The molecule has 0 fully saturated rings. The first-order valence-electron chi connectivity index (χ1n) is 4.99. The van der Waals surface area contributed by atoms with Crippen molar-refractivity contribution in [1.82, 2.24) is 14.8 Å². The summed E-state index contributed by atoms with van der Waals surface area (Å²) in [5.41, 5.74) is 0.118. The normalized spacial score (nSPS) is 10.4. The van der Waals surface area contributed by atoms with Crippen LogP contribution in [0.3, 0.4) is 0 Å². The van der Waals surface area contributed by atoms with E-state index in [2.05, 4.69) is 26.0 Å². The molecular formula is C10H7BrN4O4. The molecule has 19 heavy (non-hydrogen) atoms. The van der Waals surface area contributed by atoms with Crippen LogP contribution in [-0.2, 0) is 0 Å². The fourth-order valence-electron chi connectivity index (χ4n) is 1.56. The molecule has 0 saturated carbocycles. The number of hydrogen-bond acceptors (Lipinski definition) is 5. The van der Waals surface area contributed by atoms with Crippen LogP contribution in [0.5, 0.6) is 0 Å². The zero-order valence-corrected chi connectivity index (χ0v) is 11.2. The standard InChI is InChI=1S/C10H7BrN4O4/c1-5-6(10(16)17)4-14(13-5)9-7(11)2-12-3-8(9)15(18)19/h2-4H,1H3,(H,16,17). The van der Waals surface area contributed by atoms with Crippen molar-refractivity contribution in [1.29, 1.82) is 0 Å². The molecule has 9 heteroatoms. The van der Waals surface area contributed by atoms with Gasteiger partial charge in [-0.1, -0.05) is 0 Å². The van der Waals surface area contributed by atoms with Crippen molar-refractivity contribution >= 4 is 27.6 Å². The Morgan fingerprint density at radius 2 is 2.21 bits per heavy atom. The number of aromatic nitrogens is 3. The number of aryl methyl sites for hydroxylation is 1. The second kappa shape index (κ2) is 4.76. The molecule has 8 nitrogen and oxygen atoms in total. The predicted molar refractivity (Wildman–Crippen MR) is 67.4 cm³/mol. The highest BCUT2D eigenvalue weighted by molar-refractivity contribution is 9.10. The van der Waals surface area contributed by atoms with Gasteiger partial charge in [0.15, 0.2) is 5.69 Å². The Balaban J connectivity index is 2.68. The molecule has 98 valence electrons. The first-order chi connectivity index (χ1) is 8.91. The van der Waals surface area contributed by atoms with Gasteiger partial charge >= 0.3 is 11.7 Å². The van der Waals surface area contributed by atoms with Crippen LogP contribution >= 0.6 is 15.9 Å². The maximum atomic E-state index is 11.0. The molecule has 0 aliphatic rings. The molecule has 0 radical (unpaired) electrons. The average molecular weight is 327 g/mol. The molecule has 0 aromatic carbocycles. The summed E-state index contributed by atoms with van der Waals surface area (Å²) >= 11 is 3.15. The number of rotatable bonds is 3. The van der Waals surface area contributed by atoms with E-state index in [1.54, 1.807) is 0 Å². The smallest absolute Gasteiger partial charge is 0.339 e. The highest BCUT2D eigenvalue weighted by atomic mass is 79.9. The monoisotopic (exact) mass is 326 g/mol.